The number of nitrogens with zero attached hydrogens (tertiary/aromatic N) is 1. The van der Waals surface area contributed by atoms with E-state index in [4.69, 9.17) is 16.0 Å². The minimum absolute atomic E-state index is 0.156. The van der Waals surface area contributed by atoms with Crippen LogP contribution in [0.5, 0.6) is 11.5 Å². The third-order valence-corrected chi connectivity index (χ3v) is 4.31. The maximum absolute atomic E-state index is 9.90. The maximum atomic E-state index is 9.90. The van der Waals surface area contributed by atoms with Gasteiger partial charge >= 0.3 is 7.12 Å². The summed E-state index contributed by atoms with van der Waals surface area (Å²) < 4.78 is 11.5. The molecule has 0 saturated heterocycles. The van der Waals surface area contributed by atoms with Crippen LogP contribution in [0.4, 0.5) is 5.69 Å². The SMILES string of the molecule is [C-]#[N+]c1c(C)cc(Oc2ccc3c(c2C)C(C)OB3O)cc1C. The summed E-state index contributed by atoms with van der Waals surface area (Å²) in [5.41, 5.74) is 5.24. The fraction of sp³-hybridized carbons (Fsp3) is 0.278. The van der Waals surface area contributed by atoms with Gasteiger partial charge in [-0.2, -0.15) is 0 Å². The number of aryl methyl sites for hydroxylation is 2. The maximum Gasteiger partial charge on any atom is 0.491 e. The molecule has 0 fully saturated rings. The first kappa shape index (κ1) is 15.6. The van der Waals surface area contributed by atoms with Gasteiger partial charge in [-0.1, -0.05) is 6.07 Å². The molecule has 3 rings (SSSR count). The van der Waals surface area contributed by atoms with E-state index in [1.54, 1.807) is 0 Å². The zero-order valence-electron chi connectivity index (χ0n) is 13.7. The summed E-state index contributed by atoms with van der Waals surface area (Å²) >= 11 is 0. The van der Waals surface area contributed by atoms with E-state index in [-0.39, 0.29) is 6.10 Å². The van der Waals surface area contributed by atoms with Crippen molar-refractivity contribution in [2.75, 3.05) is 0 Å². The molecule has 116 valence electrons. The van der Waals surface area contributed by atoms with Gasteiger partial charge in [-0.05, 0) is 73.6 Å². The molecule has 1 heterocycles. The summed E-state index contributed by atoms with van der Waals surface area (Å²) in [4.78, 5) is 3.55. The molecule has 2 aromatic rings. The zero-order valence-corrected chi connectivity index (χ0v) is 13.7. The molecule has 1 atom stereocenters. The summed E-state index contributed by atoms with van der Waals surface area (Å²) in [6.45, 7) is 14.9. The Morgan fingerprint density at radius 3 is 2.48 bits per heavy atom. The molecule has 0 saturated carbocycles. The first-order valence-corrected chi connectivity index (χ1v) is 7.56. The van der Waals surface area contributed by atoms with E-state index in [1.807, 2.05) is 52.0 Å². The molecule has 1 unspecified atom stereocenters. The first-order valence-electron chi connectivity index (χ1n) is 7.56. The number of fused-ring (bicyclic) bond motifs is 1. The van der Waals surface area contributed by atoms with Gasteiger partial charge in [-0.15, -0.1) is 0 Å². The van der Waals surface area contributed by atoms with Crippen LogP contribution >= 0.6 is 0 Å². The molecule has 4 nitrogen and oxygen atoms in total. The molecule has 5 heteroatoms. The van der Waals surface area contributed by atoms with Crippen LogP contribution in [0.25, 0.3) is 4.85 Å². The molecular formula is C18H18BNO3. The van der Waals surface area contributed by atoms with Gasteiger partial charge in [-0.25, -0.2) is 4.85 Å². The van der Waals surface area contributed by atoms with Crippen molar-refractivity contribution < 1.29 is 14.4 Å². The number of hydrogen-bond donors (Lipinski definition) is 1. The lowest BCUT2D eigenvalue weighted by Crippen LogP contribution is -2.28. The van der Waals surface area contributed by atoms with Gasteiger partial charge in [-0.3, -0.25) is 0 Å². The predicted molar refractivity (Wildman–Crippen MR) is 90.5 cm³/mol. The third-order valence-electron chi connectivity index (χ3n) is 4.31. The smallest absolute Gasteiger partial charge is 0.457 e. The molecular weight excluding hydrogens is 289 g/mol. The van der Waals surface area contributed by atoms with Crippen molar-refractivity contribution in [3.63, 3.8) is 0 Å². The lowest BCUT2D eigenvalue weighted by molar-refractivity contribution is 0.208. The molecule has 0 radical (unpaired) electrons. The second-order valence-corrected chi connectivity index (χ2v) is 5.94. The standard InChI is InChI=1S/C18H18BNO3/c1-10-8-14(9-11(2)18(10)20-5)22-16-7-6-15-17(12(16)3)13(4)23-19(15)21/h6-9,13,21H,1-4H3. The van der Waals surface area contributed by atoms with E-state index in [0.29, 0.717) is 11.4 Å². The van der Waals surface area contributed by atoms with E-state index in [9.17, 15) is 5.02 Å². The van der Waals surface area contributed by atoms with Crippen LogP contribution in [0.3, 0.4) is 0 Å². The highest BCUT2D eigenvalue weighted by molar-refractivity contribution is 6.61. The van der Waals surface area contributed by atoms with Crippen molar-refractivity contribution in [1.82, 2.24) is 0 Å². The van der Waals surface area contributed by atoms with Gasteiger partial charge < -0.3 is 14.4 Å². The van der Waals surface area contributed by atoms with E-state index in [1.165, 1.54) is 0 Å². The third kappa shape index (κ3) is 2.61. The van der Waals surface area contributed by atoms with Crippen LogP contribution in [-0.4, -0.2) is 12.1 Å². The molecule has 0 bridgehead atoms. The molecule has 1 N–H and O–H groups in total. The Hall–Kier alpha value is -2.29. The van der Waals surface area contributed by atoms with Crippen molar-refractivity contribution in [2.24, 2.45) is 0 Å². The largest absolute Gasteiger partial charge is 0.491 e. The van der Waals surface area contributed by atoms with E-state index in [2.05, 4.69) is 4.85 Å². The Labute approximate surface area is 136 Å². The Kier molecular flexibility index (Phi) is 3.89. The van der Waals surface area contributed by atoms with Crippen LogP contribution < -0.4 is 10.2 Å². The molecule has 0 spiro atoms. The predicted octanol–water partition coefficient (Wildman–Crippen LogP) is 3.73. The normalized spacial score (nSPS) is 16.2. The zero-order chi connectivity index (χ0) is 16.7. The van der Waals surface area contributed by atoms with Crippen molar-refractivity contribution in [3.05, 3.63) is 57.9 Å². The van der Waals surface area contributed by atoms with E-state index >= 15 is 0 Å². The second-order valence-electron chi connectivity index (χ2n) is 5.94. The van der Waals surface area contributed by atoms with Gasteiger partial charge in [0, 0.05) is 0 Å². The fourth-order valence-corrected chi connectivity index (χ4v) is 3.21. The summed E-state index contributed by atoms with van der Waals surface area (Å²) in [6.07, 6.45) is -0.156. The van der Waals surface area contributed by atoms with Crippen molar-refractivity contribution in [1.29, 1.82) is 0 Å². The minimum atomic E-state index is -0.866. The van der Waals surface area contributed by atoms with Gasteiger partial charge in [0.1, 0.15) is 11.5 Å². The molecule has 0 amide bonds. The monoisotopic (exact) mass is 307 g/mol. The van der Waals surface area contributed by atoms with Gasteiger partial charge in [0.2, 0.25) is 0 Å². The molecule has 0 aromatic heterocycles. The number of ether oxygens (including phenoxy) is 1. The molecule has 23 heavy (non-hydrogen) atoms. The number of hydrogen-bond acceptors (Lipinski definition) is 3. The summed E-state index contributed by atoms with van der Waals surface area (Å²) in [6, 6.07) is 7.45. The van der Waals surface area contributed by atoms with Crippen LogP contribution in [0.2, 0.25) is 0 Å². The van der Waals surface area contributed by atoms with Crippen molar-refractivity contribution >= 4 is 18.3 Å². The Bertz CT molecular complexity index is 803. The highest BCUT2D eigenvalue weighted by Gasteiger charge is 2.34. The van der Waals surface area contributed by atoms with Crippen LogP contribution in [0, 0.1) is 27.3 Å². The minimum Gasteiger partial charge on any atom is -0.457 e. The van der Waals surface area contributed by atoms with E-state index < -0.39 is 7.12 Å². The van der Waals surface area contributed by atoms with E-state index in [0.717, 1.165) is 33.5 Å². The number of rotatable bonds is 2. The second kappa shape index (κ2) is 5.73. The molecule has 2 aromatic carbocycles. The Balaban J connectivity index is 2.00. The Morgan fingerprint density at radius 1 is 1.22 bits per heavy atom. The summed E-state index contributed by atoms with van der Waals surface area (Å²) in [7, 11) is -0.866. The molecule has 0 aliphatic carbocycles. The Morgan fingerprint density at radius 2 is 1.87 bits per heavy atom. The van der Waals surface area contributed by atoms with Gasteiger partial charge in [0.15, 0.2) is 5.69 Å². The molecule has 1 aliphatic heterocycles. The molecule has 1 aliphatic rings. The summed E-state index contributed by atoms with van der Waals surface area (Å²) in [5, 5.41) is 9.90. The van der Waals surface area contributed by atoms with Gasteiger partial charge in [0.05, 0.1) is 12.7 Å². The topological polar surface area (TPSA) is 43.0 Å². The lowest BCUT2D eigenvalue weighted by atomic mass is 9.78. The fourth-order valence-electron chi connectivity index (χ4n) is 3.21. The number of benzene rings is 2. The average Bonchev–Trinajstić information content (AvgIpc) is 2.77. The first-order chi connectivity index (χ1) is 10.9. The van der Waals surface area contributed by atoms with Crippen molar-refractivity contribution in [3.8, 4) is 11.5 Å². The highest BCUT2D eigenvalue weighted by Crippen LogP contribution is 2.35. The van der Waals surface area contributed by atoms with Gasteiger partial charge in [0.25, 0.3) is 0 Å². The van der Waals surface area contributed by atoms with Crippen LogP contribution in [0.1, 0.15) is 35.3 Å². The van der Waals surface area contributed by atoms with Crippen LogP contribution in [0.15, 0.2) is 24.3 Å². The highest BCUT2D eigenvalue weighted by atomic mass is 16.5. The van der Waals surface area contributed by atoms with Crippen molar-refractivity contribution in [2.45, 2.75) is 33.8 Å². The lowest BCUT2D eigenvalue weighted by Gasteiger charge is -2.15. The summed E-state index contributed by atoms with van der Waals surface area (Å²) in [5.74, 6) is 1.45. The van der Waals surface area contributed by atoms with Crippen LogP contribution in [-0.2, 0) is 4.65 Å². The average molecular weight is 307 g/mol. The quantitative estimate of drug-likeness (QED) is 0.679.